The molecule has 0 bridgehead atoms. The summed E-state index contributed by atoms with van der Waals surface area (Å²) in [6.45, 7) is 1.66. The fraction of sp³-hybridized carbons (Fsp3) is 0.200. The van der Waals surface area contributed by atoms with Crippen LogP contribution in [0.15, 0.2) is 17.0 Å². The van der Waals surface area contributed by atoms with E-state index in [2.05, 4.69) is 17.2 Å². The van der Waals surface area contributed by atoms with Crippen molar-refractivity contribution in [3.05, 3.63) is 12.6 Å². The Hall–Kier alpha value is -0.900. The van der Waals surface area contributed by atoms with Crippen LogP contribution < -0.4 is 4.74 Å². The van der Waals surface area contributed by atoms with Gasteiger partial charge in [-0.05, 0) is 12.2 Å². The Bertz CT molecular complexity index is 195. The maximum absolute atomic E-state index is 4.86. The molecule has 3 nitrogen and oxygen atoms in total. The first-order valence-corrected chi connectivity index (χ1v) is 2.77. The van der Waals surface area contributed by atoms with E-state index in [1.807, 2.05) is 0 Å². The molecular formula is C5H5NO2S. The van der Waals surface area contributed by atoms with Crippen molar-refractivity contribution < 1.29 is 9.15 Å². The number of hydrogen-bond donors (Lipinski definition) is 0. The van der Waals surface area contributed by atoms with Crippen molar-refractivity contribution in [1.82, 2.24) is 4.98 Å². The second kappa shape index (κ2) is 2.59. The predicted molar refractivity (Wildman–Crippen MR) is 35.4 cm³/mol. The van der Waals surface area contributed by atoms with Crippen LogP contribution in [0.25, 0.3) is 0 Å². The lowest BCUT2D eigenvalue weighted by molar-refractivity contribution is 0.385. The molecule has 0 amide bonds. The number of nitrogens with zero attached hydrogens (tertiary/aromatic N) is 1. The monoisotopic (exact) mass is 143 g/mol. The summed E-state index contributed by atoms with van der Waals surface area (Å²) in [4.78, 5) is 3.62. The van der Waals surface area contributed by atoms with Crippen molar-refractivity contribution in [1.29, 1.82) is 0 Å². The average Bonchev–Trinajstić information content (AvgIpc) is 2.15. The van der Waals surface area contributed by atoms with E-state index in [4.69, 9.17) is 9.15 Å². The molecule has 0 aliphatic rings. The molecule has 0 aliphatic heterocycles. The Morgan fingerprint density at radius 2 is 2.67 bits per heavy atom. The fourth-order valence-electron chi connectivity index (χ4n) is 0.396. The van der Waals surface area contributed by atoms with Gasteiger partial charge in [0.15, 0.2) is 11.4 Å². The smallest absolute Gasteiger partial charge is 0.311 e. The molecule has 0 N–H and O–H groups in total. The number of thiocarbonyl (C=S) groups is 1. The third-order valence-electron chi connectivity index (χ3n) is 0.654. The molecule has 48 valence electrons. The zero-order valence-electron chi connectivity index (χ0n) is 4.83. The molecule has 1 heterocycles. The van der Waals surface area contributed by atoms with Gasteiger partial charge in [-0.1, -0.05) is 0 Å². The van der Waals surface area contributed by atoms with Gasteiger partial charge < -0.3 is 9.15 Å². The third-order valence-corrected chi connectivity index (χ3v) is 0.737. The van der Waals surface area contributed by atoms with Gasteiger partial charge in [-0.25, -0.2) is 4.98 Å². The van der Waals surface area contributed by atoms with E-state index < -0.39 is 0 Å². The molecule has 1 rings (SSSR count). The summed E-state index contributed by atoms with van der Waals surface area (Å²) < 4.78 is 9.58. The maximum Gasteiger partial charge on any atom is 0.311 e. The first-order chi connectivity index (χ1) is 4.29. The van der Waals surface area contributed by atoms with Gasteiger partial charge in [0.2, 0.25) is 0 Å². The van der Waals surface area contributed by atoms with E-state index in [1.54, 1.807) is 6.92 Å². The van der Waals surface area contributed by atoms with Crippen LogP contribution in [0.1, 0.15) is 6.92 Å². The van der Waals surface area contributed by atoms with E-state index in [9.17, 15) is 0 Å². The van der Waals surface area contributed by atoms with Crippen LogP contribution in [0, 0.1) is 0 Å². The van der Waals surface area contributed by atoms with Crippen LogP contribution in [0.2, 0.25) is 0 Å². The standard InChI is InChI=1S/C5H5NO2S/c1-4(9)8-5-2-6-3-7-5/h2-3H,1H3. The van der Waals surface area contributed by atoms with Crippen molar-refractivity contribution >= 4 is 17.3 Å². The van der Waals surface area contributed by atoms with Crippen LogP contribution in [0.4, 0.5) is 0 Å². The Kier molecular flexibility index (Phi) is 1.79. The molecule has 0 saturated heterocycles. The molecule has 0 spiro atoms. The summed E-state index contributed by atoms with van der Waals surface area (Å²) in [6.07, 6.45) is 2.74. The van der Waals surface area contributed by atoms with Crippen molar-refractivity contribution in [3.63, 3.8) is 0 Å². The Balaban J connectivity index is 2.58. The number of hydrogen-bond acceptors (Lipinski definition) is 4. The minimum absolute atomic E-state index is 0.336. The Morgan fingerprint density at radius 1 is 1.89 bits per heavy atom. The average molecular weight is 143 g/mol. The largest absolute Gasteiger partial charge is 0.418 e. The summed E-state index contributed by atoms with van der Waals surface area (Å²) >= 11 is 4.63. The summed E-state index contributed by atoms with van der Waals surface area (Å²) in [6, 6.07) is 0. The molecule has 0 saturated carbocycles. The van der Waals surface area contributed by atoms with Gasteiger partial charge in [-0.3, -0.25) is 0 Å². The van der Waals surface area contributed by atoms with Gasteiger partial charge in [-0.15, -0.1) is 0 Å². The third kappa shape index (κ3) is 1.81. The molecule has 1 aromatic rings. The van der Waals surface area contributed by atoms with E-state index in [0.717, 1.165) is 0 Å². The first-order valence-electron chi connectivity index (χ1n) is 2.36. The first kappa shape index (κ1) is 6.22. The molecule has 0 atom stereocenters. The van der Waals surface area contributed by atoms with Gasteiger partial charge in [0.1, 0.15) is 6.20 Å². The van der Waals surface area contributed by atoms with Gasteiger partial charge in [-0.2, -0.15) is 0 Å². The van der Waals surface area contributed by atoms with E-state index >= 15 is 0 Å². The van der Waals surface area contributed by atoms with Crippen LogP contribution in [-0.2, 0) is 0 Å². The highest BCUT2D eigenvalue weighted by molar-refractivity contribution is 7.80. The SMILES string of the molecule is CC(=S)Oc1cnco1. The zero-order valence-corrected chi connectivity index (χ0v) is 5.64. The van der Waals surface area contributed by atoms with Gasteiger partial charge in [0, 0.05) is 6.92 Å². The number of oxazole rings is 1. The summed E-state index contributed by atoms with van der Waals surface area (Å²) in [5.41, 5.74) is 0. The highest BCUT2D eigenvalue weighted by Crippen LogP contribution is 2.06. The second-order valence-electron chi connectivity index (χ2n) is 1.41. The Morgan fingerprint density at radius 3 is 3.11 bits per heavy atom. The quantitative estimate of drug-likeness (QED) is 0.556. The van der Waals surface area contributed by atoms with E-state index in [-0.39, 0.29) is 0 Å². The Labute approximate surface area is 57.6 Å². The molecular weight excluding hydrogens is 138 g/mol. The van der Waals surface area contributed by atoms with Gasteiger partial charge >= 0.3 is 5.95 Å². The van der Waals surface area contributed by atoms with Gasteiger partial charge in [0.25, 0.3) is 0 Å². The lowest BCUT2D eigenvalue weighted by atomic mass is 10.8. The summed E-state index contributed by atoms with van der Waals surface area (Å²) in [5.74, 6) is 0.336. The lowest BCUT2D eigenvalue weighted by Gasteiger charge is -1.93. The van der Waals surface area contributed by atoms with Crippen molar-refractivity contribution in [2.24, 2.45) is 0 Å². The molecule has 0 fully saturated rings. The van der Waals surface area contributed by atoms with E-state index in [0.29, 0.717) is 11.0 Å². The lowest BCUT2D eigenvalue weighted by Crippen LogP contribution is -1.96. The maximum atomic E-state index is 4.86. The zero-order chi connectivity index (χ0) is 6.69. The van der Waals surface area contributed by atoms with Crippen LogP contribution >= 0.6 is 12.2 Å². The van der Waals surface area contributed by atoms with Gasteiger partial charge in [0.05, 0.1) is 0 Å². The molecule has 1 aromatic heterocycles. The second-order valence-corrected chi connectivity index (χ2v) is 1.99. The molecule has 0 radical (unpaired) electrons. The van der Waals surface area contributed by atoms with Crippen LogP contribution in [0.5, 0.6) is 5.95 Å². The van der Waals surface area contributed by atoms with Crippen molar-refractivity contribution in [2.75, 3.05) is 0 Å². The molecule has 0 unspecified atom stereocenters. The number of rotatable bonds is 1. The number of ether oxygens (including phenoxy) is 1. The highest BCUT2D eigenvalue weighted by Gasteiger charge is 1.95. The highest BCUT2D eigenvalue weighted by atomic mass is 32.1. The predicted octanol–water partition coefficient (Wildman–Crippen LogP) is 1.40. The fourth-order valence-corrected chi connectivity index (χ4v) is 0.478. The minimum atomic E-state index is 0.336. The molecule has 9 heavy (non-hydrogen) atoms. The van der Waals surface area contributed by atoms with Crippen molar-refractivity contribution in [3.8, 4) is 5.95 Å². The molecule has 0 aliphatic carbocycles. The minimum Gasteiger partial charge on any atom is -0.418 e. The van der Waals surface area contributed by atoms with Crippen LogP contribution in [0.3, 0.4) is 0 Å². The molecule has 0 aromatic carbocycles. The normalized spacial score (nSPS) is 9.00. The number of aromatic nitrogens is 1. The van der Waals surface area contributed by atoms with E-state index in [1.165, 1.54) is 12.6 Å². The van der Waals surface area contributed by atoms with Crippen molar-refractivity contribution in [2.45, 2.75) is 6.92 Å². The summed E-state index contributed by atoms with van der Waals surface area (Å²) in [7, 11) is 0. The molecule has 4 heteroatoms. The summed E-state index contributed by atoms with van der Waals surface area (Å²) in [5, 5.41) is 0.423. The van der Waals surface area contributed by atoms with Crippen LogP contribution in [-0.4, -0.2) is 10.0 Å². The topological polar surface area (TPSA) is 35.3 Å².